The average molecular weight is 705 g/mol. The maximum absolute atomic E-state index is 12.6. The van der Waals surface area contributed by atoms with Gasteiger partial charge in [-0.1, -0.05) is 18.6 Å². The molecule has 3 aromatic carbocycles. The Morgan fingerprint density at radius 2 is 1.46 bits per heavy atom. The van der Waals surface area contributed by atoms with Crippen LogP contribution in [0, 0.1) is 20.2 Å². The summed E-state index contributed by atoms with van der Waals surface area (Å²) in [5.41, 5.74) is 0.374. The van der Waals surface area contributed by atoms with Gasteiger partial charge in [0, 0.05) is 31.2 Å². The van der Waals surface area contributed by atoms with Crippen molar-refractivity contribution in [2.45, 2.75) is 51.3 Å². The number of nitro benzene ring substituents is 2. The number of alkyl halides is 3. The minimum Gasteiger partial charge on any atom is -0.493 e. The van der Waals surface area contributed by atoms with Gasteiger partial charge in [0.15, 0.2) is 11.5 Å². The van der Waals surface area contributed by atoms with Crippen LogP contribution in [0.1, 0.15) is 60.0 Å². The summed E-state index contributed by atoms with van der Waals surface area (Å²) in [5.74, 6) is -0.630. The third-order valence-electron chi connectivity index (χ3n) is 6.84. The first kappa shape index (κ1) is 38.9. The fourth-order valence-corrected chi connectivity index (χ4v) is 4.37. The Hall–Kier alpha value is -5.51. The number of carbonyl (C=O) groups excluding carboxylic acids is 2. The second-order valence-corrected chi connectivity index (χ2v) is 10.7. The molecule has 0 heterocycles. The van der Waals surface area contributed by atoms with Crippen LogP contribution < -0.4 is 14.2 Å². The summed E-state index contributed by atoms with van der Waals surface area (Å²) >= 11 is 0. The van der Waals surface area contributed by atoms with E-state index in [9.17, 15) is 43.0 Å². The lowest BCUT2D eigenvalue weighted by Crippen LogP contribution is -2.11. The quantitative estimate of drug-likeness (QED) is 0.0281. The highest BCUT2D eigenvalue weighted by Crippen LogP contribution is 2.30. The van der Waals surface area contributed by atoms with Crippen LogP contribution in [-0.4, -0.2) is 54.9 Å². The second kappa shape index (κ2) is 19.5. The number of benzene rings is 3. The van der Waals surface area contributed by atoms with Crippen LogP contribution in [-0.2, 0) is 20.9 Å². The van der Waals surface area contributed by atoms with E-state index >= 15 is 0 Å². The largest absolute Gasteiger partial charge is 0.493 e. The molecule has 0 N–H and O–H groups in total. The first-order chi connectivity index (χ1) is 23.8. The number of rotatable bonds is 20. The number of non-ortho nitro benzene ring substituents is 2. The zero-order valence-corrected chi connectivity index (χ0v) is 27.0. The number of halogens is 3. The molecule has 16 heteroatoms. The van der Waals surface area contributed by atoms with Crippen molar-refractivity contribution in [1.29, 1.82) is 0 Å². The Kier molecular flexibility index (Phi) is 15.2. The number of nitro groups is 2. The summed E-state index contributed by atoms with van der Waals surface area (Å²) in [5, 5.41) is 22.0. The van der Waals surface area contributed by atoms with Crippen molar-refractivity contribution in [3.8, 4) is 17.2 Å². The zero-order valence-electron chi connectivity index (χ0n) is 27.0. The Labute approximate surface area is 284 Å². The van der Waals surface area contributed by atoms with Gasteiger partial charge in [0.2, 0.25) is 0 Å². The molecule has 0 fully saturated rings. The number of nitrogens with zero attached hydrogens (tertiary/aromatic N) is 2. The Bertz CT molecular complexity index is 1610. The van der Waals surface area contributed by atoms with E-state index in [-0.39, 0.29) is 60.4 Å². The van der Waals surface area contributed by atoms with Gasteiger partial charge in [-0.15, -0.1) is 0 Å². The third kappa shape index (κ3) is 13.9. The van der Waals surface area contributed by atoms with Gasteiger partial charge in [-0.25, -0.2) is 9.59 Å². The minimum atomic E-state index is -4.27. The van der Waals surface area contributed by atoms with Gasteiger partial charge in [-0.05, 0) is 73.2 Å². The van der Waals surface area contributed by atoms with Gasteiger partial charge in [-0.3, -0.25) is 20.2 Å². The molecular formula is C34H35F3N2O11. The highest BCUT2D eigenvalue weighted by atomic mass is 19.4. The van der Waals surface area contributed by atoms with Crippen LogP contribution in [0.3, 0.4) is 0 Å². The molecule has 0 aliphatic carbocycles. The SMILES string of the molecule is COc1cc(C(=O)Oc2ccc(C=CC(=O)OCCCCCCOCc3cc([N+](=O)[O-])cc([N+](=O)[O-])c3)cc2)ccc1OCCCC(F)(F)F. The van der Waals surface area contributed by atoms with Crippen molar-refractivity contribution in [1.82, 2.24) is 0 Å². The van der Waals surface area contributed by atoms with Gasteiger partial charge >= 0.3 is 18.1 Å². The molecule has 13 nitrogen and oxygen atoms in total. The highest BCUT2D eigenvalue weighted by Gasteiger charge is 2.26. The molecule has 0 aliphatic heterocycles. The molecule has 3 rings (SSSR count). The molecule has 50 heavy (non-hydrogen) atoms. The molecule has 3 aromatic rings. The number of unbranched alkanes of at least 4 members (excludes halogenated alkanes) is 3. The highest BCUT2D eigenvalue weighted by molar-refractivity contribution is 5.92. The Morgan fingerprint density at radius 3 is 2.08 bits per heavy atom. The molecule has 0 spiro atoms. The number of hydrogen-bond donors (Lipinski definition) is 0. The zero-order chi connectivity index (χ0) is 36.5. The summed E-state index contributed by atoms with van der Waals surface area (Å²) in [7, 11) is 1.34. The standard InChI is InChI=1S/C34H35F3N2O11/c1-46-31-21-26(10-13-30(31)48-18-6-15-34(35,36)37)33(41)50-29-11-7-24(8-12-29)9-14-32(40)49-17-5-3-2-4-16-47-23-25-19-27(38(42)43)22-28(20-25)39(44)45/h7-14,19-22H,2-6,15-18,23H2,1H3. The average Bonchev–Trinajstić information content (AvgIpc) is 3.08. The predicted molar refractivity (Wildman–Crippen MR) is 173 cm³/mol. The van der Waals surface area contributed by atoms with Crippen molar-refractivity contribution in [3.63, 3.8) is 0 Å². The van der Waals surface area contributed by atoms with Crippen LogP contribution in [0.5, 0.6) is 17.2 Å². The predicted octanol–water partition coefficient (Wildman–Crippen LogP) is 7.79. The summed E-state index contributed by atoms with van der Waals surface area (Å²) < 4.78 is 63.6. The topological polar surface area (TPSA) is 167 Å². The number of esters is 2. The molecule has 0 radical (unpaired) electrons. The molecule has 0 aromatic heterocycles. The van der Waals surface area contributed by atoms with Crippen LogP contribution in [0.15, 0.2) is 66.7 Å². The first-order valence-corrected chi connectivity index (χ1v) is 15.4. The van der Waals surface area contributed by atoms with E-state index in [1.165, 1.54) is 55.7 Å². The summed E-state index contributed by atoms with van der Waals surface area (Å²) in [6.45, 7) is 0.398. The van der Waals surface area contributed by atoms with E-state index in [0.717, 1.165) is 18.9 Å². The Balaban J connectivity index is 1.32. The van der Waals surface area contributed by atoms with E-state index < -0.39 is 34.4 Å². The number of methoxy groups -OCH3 is 1. The minimum absolute atomic E-state index is 0.00380. The van der Waals surface area contributed by atoms with Gasteiger partial charge in [0.05, 0.1) is 48.4 Å². The molecule has 0 bridgehead atoms. The van der Waals surface area contributed by atoms with E-state index in [4.69, 9.17) is 23.7 Å². The van der Waals surface area contributed by atoms with Crippen LogP contribution >= 0.6 is 0 Å². The van der Waals surface area contributed by atoms with E-state index in [1.807, 2.05) is 0 Å². The second-order valence-electron chi connectivity index (χ2n) is 10.7. The van der Waals surface area contributed by atoms with Crippen molar-refractivity contribution in [3.05, 3.63) is 104 Å². The molecule has 0 atom stereocenters. The van der Waals surface area contributed by atoms with Gasteiger partial charge < -0.3 is 23.7 Å². The molecule has 268 valence electrons. The number of hydrogen-bond acceptors (Lipinski definition) is 11. The van der Waals surface area contributed by atoms with Gasteiger partial charge in [0.25, 0.3) is 11.4 Å². The van der Waals surface area contributed by atoms with Crippen LogP contribution in [0.4, 0.5) is 24.5 Å². The molecule has 0 amide bonds. The lowest BCUT2D eigenvalue weighted by molar-refractivity contribution is -0.394. The van der Waals surface area contributed by atoms with Crippen molar-refractivity contribution in [2.24, 2.45) is 0 Å². The summed E-state index contributed by atoms with van der Waals surface area (Å²) in [6.07, 6.45) is 0.190. The molecule has 0 unspecified atom stereocenters. The summed E-state index contributed by atoms with van der Waals surface area (Å²) in [4.78, 5) is 45.3. The first-order valence-electron chi connectivity index (χ1n) is 15.4. The molecular weight excluding hydrogens is 669 g/mol. The van der Waals surface area contributed by atoms with E-state index in [2.05, 4.69) is 0 Å². The smallest absolute Gasteiger partial charge is 0.389 e. The van der Waals surface area contributed by atoms with E-state index in [0.29, 0.717) is 30.6 Å². The third-order valence-corrected chi connectivity index (χ3v) is 6.84. The fraction of sp³-hybridized carbons (Fsp3) is 0.353. The maximum Gasteiger partial charge on any atom is 0.389 e. The fourth-order valence-electron chi connectivity index (χ4n) is 4.37. The number of ether oxygens (including phenoxy) is 5. The normalized spacial score (nSPS) is 11.3. The lowest BCUT2D eigenvalue weighted by Gasteiger charge is -2.12. The van der Waals surface area contributed by atoms with Crippen LogP contribution in [0.2, 0.25) is 0 Å². The monoisotopic (exact) mass is 704 g/mol. The maximum atomic E-state index is 12.6. The summed E-state index contributed by atoms with van der Waals surface area (Å²) in [6, 6.07) is 13.9. The molecule has 0 aliphatic rings. The molecule has 0 saturated carbocycles. The molecule has 0 saturated heterocycles. The van der Waals surface area contributed by atoms with Crippen molar-refractivity contribution >= 4 is 29.4 Å². The van der Waals surface area contributed by atoms with Crippen molar-refractivity contribution < 1.29 is 56.3 Å². The van der Waals surface area contributed by atoms with Gasteiger partial charge in [0.1, 0.15) is 5.75 Å². The van der Waals surface area contributed by atoms with Crippen molar-refractivity contribution in [2.75, 3.05) is 26.9 Å². The Morgan fingerprint density at radius 1 is 0.800 bits per heavy atom. The number of carbonyl (C=O) groups is 2. The van der Waals surface area contributed by atoms with Gasteiger partial charge in [-0.2, -0.15) is 13.2 Å². The van der Waals surface area contributed by atoms with E-state index in [1.54, 1.807) is 18.2 Å². The van der Waals surface area contributed by atoms with Crippen LogP contribution in [0.25, 0.3) is 6.08 Å². The lowest BCUT2D eigenvalue weighted by atomic mass is 10.2.